The summed E-state index contributed by atoms with van der Waals surface area (Å²) in [6.45, 7) is 4.33. The van der Waals surface area contributed by atoms with Gasteiger partial charge < -0.3 is 14.6 Å². The second kappa shape index (κ2) is 7.78. The molecule has 1 saturated heterocycles. The van der Waals surface area contributed by atoms with Crippen molar-refractivity contribution in [1.29, 1.82) is 0 Å². The van der Waals surface area contributed by atoms with Gasteiger partial charge in [0.25, 0.3) is 0 Å². The third-order valence-corrected chi connectivity index (χ3v) is 6.28. The second-order valence-electron chi connectivity index (χ2n) is 7.68. The van der Waals surface area contributed by atoms with E-state index in [1.165, 1.54) is 31.4 Å². The maximum Gasteiger partial charge on any atom is 0.138 e. The van der Waals surface area contributed by atoms with Crippen LogP contribution in [0.1, 0.15) is 25.1 Å². The fourth-order valence-electron chi connectivity index (χ4n) is 4.25. The van der Waals surface area contributed by atoms with Gasteiger partial charge in [0.1, 0.15) is 24.0 Å². The minimum absolute atomic E-state index is 0.312. The molecule has 4 rings (SSSR count). The van der Waals surface area contributed by atoms with E-state index in [1.807, 2.05) is 19.4 Å². The number of rotatable bonds is 7. The van der Waals surface area contributed by atoms with Crippen molar-refractivity contribution in [2.45, 2.75) is 31.8 Å². The number of benzene rings is 1. The van der Waals surface area contributed by atoms with Gasteiger partial charge in [-0.2, -0.15) is 0 Å². The number of imidazole rings is 1. The predicted molar refractivity (Wildman–Crippen MR) is 103 cm³/mol. The second-order valence-corrected chi connectivity index (χ2v) is 8.09. The van der Waals surface area contributed by atoms with E-state index in [-0.39, 0.29) is 5.82 Å². The molecule has 0 radical (unpaired) electrons. The predicted octanol–water partition coefficient (Wildman–Crippen LogP) is 3.24. The first-order valence-corrected chi connectivity index (χ1v) is 9.94. The molecule has 1 unspecified atom stereocenters. The summed E-state index contributed by atoms with van der Waals surface area (Å²) in [5, 5.41) is 3.78. The van der Waals surface area contributed by atoms with Crippen molar-refractivity contribution in [3.63, 3.8) is 0 Å². The molecule has 1 aliphatic carbocycles. The van der Waals surface area contributed by atoms with E-state index in [9.17, 15) is 4.39 Å². The van der Waals surface area contributed by atoms with Gasteiger partial charge in [-0.05, 0) is 56.0 Å². The lowest BCUT2D eigenvalue weighted by atomic mass is 9.93. The summed E-state index contributed by atoms with van der Waals surface area (Å²) in [5.74, 6) is 1.24. The van der Waals surface area contributed by atoms with Crippen LogP contribution in [0, 0.1) is 11.2 Å². The number of piperidine rings is 1. The van der Waals surface area contributed by atoms with Crippen LogP contribution in [0.25, 0.3) is 0 Å². The average Bonchev–Trinajstić information content (AvgIpc) is 3.17. The Hall–Kier alpha value is -1.63. The molecule has 1 aliphatic heterocycles. The van der Waals surface area contributed by atoms with Crippen LogP contribution < -0.4 is 10.1 Å². The van der Waals surface area contributed by atoms with Gasteiger partial charge in [0, 0.05) is 32.0 Å². The van der Waals surface area contributed by atoms with Crippen LogP contribution in [-0.4, -0.2) is 46.7 Å². The Kier molecular flexibility index (Phi) is 5.39. The summed E-state index contributed by atoms with van der Waals surface area (Å²) in [6, 6.07) is 4.82. The van der Waals surface area contributed by atoms with Gasteiger partial charge in [0.05, 0.1) is 11.6 Å². The molecule has 1 atom stereocenters. The van der Waals surface area contributed by atoms with Crippen molar-refractivity contribution in [1.82, 2.24) is 19.8 Å². The Balaban J connectivity index is 1.41. The first kappa shape index (κ1) is 18.7. The lowest BCUT2D eigenvalue weighted by molar-refractivity contribution is 0.158. The molecule has 2 fully saturated rings. The highest BCUT2D eigenvalue weighted by molar-refractivity contribution is 6.32. The number of halogens is 2. The third kappa shape index (κ3) is 4.13. The lowest BCUT2D eigenvalue weighted by Gasteiger charge is -2.29. The fourth-order valence-corrected chi connectivity index (χ4v) is 4.47. The summed E-state index contributed by atoms with van der Waals surface area (Å²) in [7, 11) is 2.03. The standard InChI is InChI=1S/C20H26ClFN4O/c1-25-9-8-24-19(25)14-26(18-13-20(18)4-6-23-7-5-20)10-11-27-17-3-2-15(22)12-16(17)21/h2-3,8-9,12,18,23H,4-7,10-11,13-14H2,1H3. The number of aryl methyl sites for hydroxylation is 1. The SMILES string of the molecule is Cn1ccnc1CN(CCOc1ccc(F)cc1Cl)C1CC12CCNCC2. The van der Waals surface area contributed by atoms with E-state index in [0.717, 1.165) is 32.0 Å². The highest BCUT2D eigenvalue weighted by atomic mass is 35.5. The van der Waals surface area contributed by atoms with Crippen molar-refractivity contribution in [2.24, 2.45) is 12.5 Å². The molecule has 1 saturated carbocycles. The zero-order valence-corrected chi connectivity index (χ0v) is 16.4. The van der Waals surface area contributed by atoms with Crippen LogP contribution in [0.4, 0.5) is 4.39 Å². The van der Waals surface area contributed by atoms with Crippen molar-refractivity contribution >= 4 is 11.6 Å². The molecule has 2 aliphatic rings. The number of hydrogen-bond donors (Lipinski definition) is 1. The molecule has 2 aromatic rings. The van der Waals surface area contributed by atoms with Gasteiger partial charge in [-0.25, -0.2) is 9.37 Å². The molecule has 1 aromatic carbocycles. The Morgan fingerprint density at radius 1 is 1.41 bits per heavy atom. The number of nitrogens with one attached hydrogen (secondary N) is 1. The van der Waals surface area contributed by atoms with Crippen LogP contribution in [-0.2, 0) is 13.6 Å². The van der Waals surface area contributed by atoms with E-state index in [2.05, 4.69) is 19.8 Å². The molecule has 0 bridgehead atoms. The van der Waals surface area contributed by atoms with Crippen LogP contribution in [0.5, 0.6) is 5.75 Å². The topological polar surface area (TPSA) is 42.3 Å². The summed E-state index contributed by atoms with van der Waals surface area (Å²) in [4.78, 5) is 6.99. The van der Waals surface area contributed by atoms with Gasteiger partial charge in [-0.1, -0.05) is 11.6 Å². The van der Waals surface area contributed by atoms with E-state index >= 15 is 0 Å². The molecule has 1 N–H and O–H groups in total. The van der Waals surface area contributed by atoms with E-state index < -0.39 is 0 Å². The smallest absolute Gasteiger partial charge is 0.138 e. The fraction of sp³-hybridized carbons (Fsp3) is 0.550. The molecule has 27 heavy (non-hydrogen) atoms. The molecule has 2 heterocycles. The minimum atomic E-state index is -0.352. The van der Waals surface area contributed by atoms with E-state index in [1.54, 1.807) is 6.07 Å². The molecule has 1 aromatic heterocycles. The van der Waals surface area contributed by atoms with Crippen molar-refractivity contribution < 1.29 is 9.13 Å². The maximum absolute atomic E-state index is 13.2. The molecule has 7 heteroatoms. The van der Waals surface area contributed by atoms with Crippen LogP contribution in [0.15, 0.2) is 30.6 Å². The van der Waals surface area contributed by atoms with Gasteiger partial charge in [-0.15, -0.1) is 0 Å². The Morgan fingerprint density at radius 2 is 2.22 bits per heavy atom. The highest BCUT2D eigenvalue weighted by Crippen LogP contribution is 2.55. The molecule has 0 amide bonds. The zero-order chi connectivity index (χ0) is 18.9. The summed E-state index contributed by atoms with van der Waals surface area (Å²) in [6.07, 6.45) is 7.54. The zero-order valence-electron chi connectivity index (χ0n) is 15.6. The summed E-state index contributed by atoms with van der Waals surface area (Å²) < 4.78 is 21.1. The number of hydrogen-bond acceptors (Lipinski definition) is 4. The van der Waals surface area contributed by atoms with Gasteiger partial charge in [-0.3, -0.25) is 4.90 Å². The first-order valence-electron chi connectivity index (χ1n) is 9.56. The van der Waals surface area contributed by atoms with Crippen LogP contribution in [0.2, 0.25) is 5.02 Å². The number of ether oxygens (including phenoxy) is 1. The molecular formula is C20H26ClFN4O. The quantitative estimate of drug-likeness (QED) is 0.785. The van der Waals surface area contributed by atoms with Gasteiger partial charge in [0.15, 0.2) is 0 Å². The largest absolute Gasteiger partial charge is 0.491 e. The molecular weight excluding hydrogens is 367 g/mol. The average molecular weight is 393 g/mol. The van der Waals surface area contributed by atoms with Gasteiger partial charge >= 0.3 is 0 Å². The highest BCUT2D eigenvalue weighted by Gasteiger charge is 2.56. The van der Waals surface area contributed by atoms with Crippen molar-refractivity contribution in [3.8, 4) is 5.75 Å². The van der Waals surface area contributed by atoms with E-state index in [0.29, 0.717) is 28.8 Å². The number of aromatic nitrogens is 2. The van der Waals surface area contributed by atoms with E-state index in [4.69, 9.17) is 16.3 Å². The van der Waals surface area contributed by atoms with Crippen molar-refractivity contribution in [3.05, 3.63) is 47.3 Å². The Labute approximate surface area is 164 Å². The van der Waals surface area contributed by atoms with Gasteiger partial charge in [0.2, 0.25) is 0 Å². The Morgan fingerprint density at radius 3 is 2.93 bits per heavy atom. The molecule has 1 spiro atoms. The number of nitrogens with zero attached hydrogens (tertiary/aromatic N) is 3. The van der Waals surface area contributed by atoms with Crippen LogP contribution >= 0.6 is 11.6 Å². The minimum Gasteiger partial charge on any atom is -0.491 e. The molecule has 5 nitrogen and oxygen atoms in total. The summed E-state index contributed by atoms with van der Waals surface area (Å²) >= 11 is 6.07. The summed E-state index contributed by atoms with van der Waals surface area (Å²) in [5.41, 5.74) is 0.448. The van der Waals surface area contributed by atoms with Crippen LogP contribution in [0.3, 0.4) is 0 Å². The normalized spacial score (nSPS) is 21.0. The maximum atomic E-state index is 13.2. The third-order valence-electron chi connectivity index (χ3n) is 5.98. The van der Waals surface area contributed by atoms with Crippen molar-refractivity contribution in [2.75, 3.05) is 26.2 Å². The lowest BCUT2D eigenvalue weighted by Crippen LogP contribution is -2.38. The molecule has 146 valence electrons. The monoisotopic (exact) mass is 392 g/mol. The first-order chi connectivity index (χ1) is 13.1. The Bertz CT molecular complexity index is 790.